The van der Waals surface area contributed by atoms with Crippen molar-refractivity contribution in [3.63, 3.8) is 0 Å². The van der Waals surface area contributed by atoms with E-state index in [1.54, 1.807) is 19.1 Å². The first-order valence-electron chi connectivity index (χ1n) is 4.12. The lowest BCUT2D eigenvalue weighted by Gasteiger charge is -2.05. The van der Waals surface area contributed by atoms with Crippen LogP contribution in [0.25, 0.3) is 0 Å². The number of carbonyl (C=O) groups is 1. The molecular weight excluding hydrogens is 156 g/mol. The number of carboxylic acids is 1. The van der Waals surface area contributed by atoms with Crippen molar-refractivity contribution in [3.05, 3.63) is 29.3 Å². The Kier molecular flexibility index (Phi) is 1.94. The van der Waals surface area contributed by atoms with Crippen molar-refractivity contribution in [2.75, 3.05) is 7.09 Å². The fourth-order valence-electron chi connectivity index (χ4n) is 1.00. The maximum atomic E-state index is 10.7. The lowest BCUT2D eigenvalue weighted by Crippen LogP contribution is -2.00. The number of carboxylic acid groups (broad SMARTS) is 1. The average molecular weight is 168 g/mol. The summed E-state index contributed by atoms with van der Waals surface area (Å²) < 4.78 is 11.8. The molecule has 0 aromatic heterocycles. The SMILES string of the molecule is [3H]COc1cccc(C(=O)O)c1C. The average Bonchev–Trinajstić information content (AvgIpc) is 2.08. The minimum absolute atomic E-state index is 0.204. The van der Waals surface area contributed by atoms with Gasteiger partial charge in [0.25, 0.3) is 0 Å². The molecular formula is C9H10O3. The standard InChI is InChI=1S/C9H10O3/c1-6-7(9(10)11)4-3-5-8(6)12-2/h3-5H,1-2H3,(H,10,11)/i2T. The maximum absolute atomic E-state index is 10.7. The molecule has 3 nitrogen and oxygen atoms in total. The third kappa shape index (κ3) is 1.39. The minimum Gasteiger partial charge on any atom is -0.496 e. The molecule has 0 aliphatic rings. The molecule has 0 atom stereocenters. The van der Waals surface area contributed by atoms with E-state index in [0.29, 0.717) is 11.3 Å². The van der Waals surface area contributed by atoms with E-state index in [4.69, 9.17) is 11.2 Å². The van der Waals surface area contributed by atoms with Gasteiger partial charge in [-0.25, -0.2) is 4.79 Å². The molecule has 0 fully saturated rings. The summed E-state index contributed by atoms with van der Waals surface area (Å²) in [5.41, 5.74) is 0.771. The van der Waals surface area contributed by atoms with Crippen LogP contribution in [-0.4, -0.2) is 18.2 Å². The Balaban J connectivity index is 3.10. The Morgan fingerprint density at radius 3 is 3.00 bits per heavy atom. The van der Waals surface area contributed by atoms with Crippen LogP contribution in [0.4, 0.5) is 0 Å². The van der Waals surface area contributed by atoms with Crippen LogP contribution in [0.5, 0.6) is 5.75 Å². The molecule has 1 aromatic carbocycles. The Morgan fingerprint density at radius 2 is 2.42 bits per heavy atom. The summed E-state index contributed by atoms with van der Waals surface area (Å²) in [5, 5.41) is 8.76. The highest BCUT2D eigenvalue weighted by atomic mass is 16.5. The topological polar surface area (TPSA) is 46.5 Å². The van der Waals surface area contributed by atoms with Crippen LogP contribution >= 0.6 is 0 Å². The molecule has 1 N–H and O–H groups in total. The Morgan fingerprint density at radius 1 is 1.67 bits per heavy atom. The van der Waals surface area contributed by atoms with Gasteiger partial charge >= 0.3 is 5.97 Å². The summed E-state index contributed by atoms with van der Waals surface area (Å²) in [6.45, 7) is 1.66. The number of methoxy groups -OCH3 is 1. The van der Waals surface area contributed by atoms with Gasteiger partial charge in [0, 0.05) is 5.56 Å². The second kappa shape index (κ2) is 3.26. The van der Waals surface area contributed by atoms with E-state index in [9.17, 15) is 4.79 Å². The van der Waals surface area contributed by atoms with Crippen molar-refractivity contribution in [2.45, 2.75) is 6.92 Å². The second-order valence-corrected chi connectivity index (χ2v) is 2.38. The molecule has 0 heterocycles. The van der Waals surface area contributed by atoms with E-state index in [-0.39, 0.29) is 12.6 Å². The van der Waals surface area contributed by atoms with E-state index in [0.717, 1.165) is 0 Å². The predicted octanol–water partition coefficient (Wildman–Crippen LogP) is 1.70. The number of hydrogen-bond donors (Lipinski definition) is 1. The van der Waals surface area contributed by atoms with Crippen molar-refractivity contribution in [1.29, 1.82) is 0 Å². The molecule has 0 unspecified atom stereocenters. The normalized spacial score (nSPS) is 10.6. The second-order valence-electron chi connectivity index (χ2n) is 2.38. The molecule has 0 saturated heterocycles. The van der Waals surface area contributed by atoms with E-state index in [2.05, 4.69) is 0 Å². The van der Waals surface area contributed by atoms with E-state index in [1.807, 2.05) is 0 Å². The highest BCUT2D eigenvalue weighted by molar-refractivity contribution is 5.90. The maximum Gasteiger partial charge on any atom is 0.336 e. The van der Waals surface area contributed by atoms with Gasteiger partial charge in [-0.2, -0.15) is 0 Å². The van der Waals surface area contributed by atoms with E-state index in [1.165, 1.54) is 6.07 Å². The van der Waals surface area contributed by atoms with Crippen molar-refractivity contribution in [2.24, 2.45) is 0 Å². The first-order chi connectivity index (χ1) is 6.16. The fraction of sp³-hybridized carbons (Fsp3) is 0.222. The van der Waals surface area contributed by atoms with Crippen molar-refractivity contribution >= 4 is 5.97 Å². The van der Waals surface area contributed by atoms with Crippen LogP contribution in [0.2, 0.25) is 0 Å². The van der Waals surface area contributed by atoms with Gasteiger partial charge in [-0.3, -0.25) is 0 Å². The van der Waals surface area contributed by atoms with Crippen LogP contribution in [0, 0.1) is 6.92 Å². The molecule has 0 aliphatic carbocycles. The quantitative estimate of drug-likeness (QED) is 0.731. The lowest BCUT2D eigenvalue weighted by molar-refractivity contribution is 0.0695. The van der Waals surface area contributed by atoms with Gasteiger partial charge in [0.05, 0.1) is 14.0 Å². The van der Waals surface area contributed by atoms with E-state index >= 15 is 0 Å². The van der Waals surface area contributed by atoms with Crippen molar-refractivity contribution in [3.8, 4) is 5.75 Å². The number of benzene rings is 1. The molecule has 0 spiro atoms. The van der Waals surface area contributed by atoms with Crippen molar-refractivity contribution < 1.29 is 16.0 Å². The highest BCUT2D eigenvalue weighted by Crippen LogP contribution is 2.20. The zero-order chi connectivity index (χ0) is 9.84. The first-order valence-corrected chi connectivity index (χ1v) is 3.41. The summed E-state index contributed by atoms with van der Waals surface area (Å²) in [5.74, 6) is -0.525. The Bertz CT molecular complexity index is 323. The molecule has 1 rings (SSSR count). The highest BCUT2D eigenvalue weighted by Gasteiger charge is 2.09. The fourth-order valence-corrected chi connectivity index (χ4v) is 1.00. The smallest absolute Gasteiger partial charge is 0.336 e. The van der Waals surface area contributed by atoms with Gasteiger partial charge in [-0.05, 0) is 19.1 Å². The Labute approximate surface area is 72.0 Å². The number of hydrogen-bond acceptors (Lipinski definition) is 2. The van der Waals surface area contributed by atoms with Gasteiger partial charge in [0.1, 0.15) is 5.75 Å². The van der Waals surface area contributed by atoms with Crippen LogP contribution < -0.4 is 4.74 Å². The molecule has 1 aromatic rings. The monoisotopic (exact) mass is 168 g/mol. The molecule has 12 heavy (non-hydrogen) atoms. The minimum atomic E-state index is -0.979. The lowest BCUT2D eigenvalue weighted by atomic mass is 10.1. The van der Waals surface area contributed by atoms with Crippen LogP contribution in [-0.2, 0) is 0 Å². The van der Waals surface area contributed by atoms with Gasteiger partial charge in [-0.15, -0.1) is 0 Å². The first kappa shape index (κ1) is 7.16. The summed E-state index contributed by atoms with van der Waals surface area (Å²) in [6.07, 6.45) is 0. The van der Waals surface area contributed by atoms with E-state index < -0.39 is 5.97 Å². The molecule has 0 radical (unpaired) electrons. The summed E-state index contributed by atoms with van der Waals surface area (Å²) in [4.78, 5) is 10.7. The van der Waals surface area contributed by atoms with Gasteiger partial charge in [0.2, 0.25) is 0 Å². The summed E-state index contributed by atoms with van der Waals surface area (Å²) in [6, 6.07) is 4.76. The van der Waals surface area contributed by atoms with Gasteiger partial charge < -0.3 is 9.84 Å². The van der Waals surface area contributed by atoms with Crippen LogP contribution in [0.15, 0.2) is 18.2 Å². The molecule has 0 bridgehead atoms. The zero-order valence-corrected chi connectivity index (χ0v) is 6.70. The third-order valence-corrected chi connectivity index (χ3v) is 1.67. The predicted molar refractivity (Wildman–Crippen MR) is 44.7 cm³/mol. The number of ether oxygens (including phenoxy) is 1. The molecule has 3 heteroatoms. The largest absolute Gasteiger partial charge is 0.496 e. The van der Waals surface area contributed by atoms with Crippen molar-refractivity contribution in [1.82, 2.24) is 0 Å². The molecule has 0 saturated carbocycles. The molecule has 0 aliphatic heterocycles. The van der Waals surface area contributed by atoms with Gasteiger partial charge in [-0.1, -0.05) is 6.07 Å². The molecule has 64 valence electrons. The number of aromatic carboxylic acids is 1. The zero-order valence-electron chi connectivity index (χ0n) is 7.70. The third-order valence-electron chi connectivity index (χ3n) is 1.67. The summed E-state index contributed by atoms with van der Waals surface area (Å²) in [7, 11) is -0.204. The summed E-state index contributed by atoms with van der Waals surface area (Å²) >= 11 is 0. The number of rotatable bonds is 2. The van der Waals surface area contributed by atoms with Crippen LogP contribution in [0.3, 0.4) is 0 Å². The Hall–Kier alpha value is -1.51. The van der Waals surface area contributed by atoms with Crippen LogP contribution in [0.1, 0.15) is 17.3 Å². The van der Waals surface area contributed by atoms with Gasteiger partial charge in [0.15, 0.2) is 0 Å². The molecule has 0 amide bonds.